The van der Waals surface area contributed by atoms with Crippen LogP contribution in [0.1, 0.15) is 19.3 Å². The van der Waals surface area contributed by atoms with Gasteiger partial charge in [0.15, 0.2) is 6.10 Å². The van der Waals surface area contributed by atoms with E-state index >= 15 is 0 Å². The minimum absolute atomic E-state index is 0.00325. The first-order valence-corrected chi connectivity index (χ1v) is 12.4. The van der Waals surface area contributed by atoms with E-state index in [0.717, 1.165) is 20.5 Å². The normalized spacial score (nSPS) is 28.3. The fourth-order valence-electron chi connectivity index (χ4n) is 5.28. The summed E-state index contributed by atoms with van der Waals surface area (Å²) in [4.78, 5) is 53.7. The van der Waals surface area contributed by atoms with Crippen molar-refractivity contribution >= 4 is 33.9 Å². The van der Waals surface area contributed by atoms with Crippen LogP contribution in [-0.4, -0.2) is 90.0 Å². The van der Waals surface area contributed by atoms with Gasteiger partial charge in [-0.2, -0.15) is 8.42 Å². The number of nitrogens with zero attached hydrogens (tertiary/aromatic N) is 1. The number of hydrogen-bond donors (Lipinski definition) is 0. The van der Waals surface area contributed by atoms with Crippen LogP contribution in [0.5, 0.6) is 0 Å². The Morgan fingerprint density at radius 1 is 1.09 bits per heavy atom. The first kappa shape index (κ1) is 26.4. The predicted molar refractivity (Wildman–Crippen MR) is 118 cm³/mol. The molecule has 0 aromatic heterocycles. The zero-order valence-corrected chi connectivity index (χ0v) is 20.8. The maximum Gasteiger partial charge on any atom is 0.373 e. The summed E-state index contributed by atoms with van der Waals surface area (Å²) in [5.41, 5.74) is -3.51. The van der Waals surface area contributed by atoms with Crippen molar-refractivity contribution in [2.75, 3.05) is 41.2 Å². The number of esters is 3. The molecule has 3 atom stereocenters. The number of hydrogen-bond acceptors (Lipinski definition) is 11. The van der Waals surface area contributed by atoms with Gasteiger partial charge >= 0.3 is 17.9 Å². The molecule has 1 fully saturated rings. The van der Waals surface area contributed by atoms with E-state index in [2.05, 4.69) is 0 Å². The second-order valence-corrected chi connectivity index (χ2v) is 9.77. The van der Waals surface area contributed by atoms with Gasteiger partial charge in [0.05, 0.1) is 40.2 Å². The van der Waals surface area contributed by atoms with Crippen molar-refractivity contribution in [2.45, 2.75) is 30.9 Å². The van der Waals surface area contributed by atoms with Crippen molar-refractivity contribution in [1.82, 2.24) is 4.90 Å². The molecule has 1 saturated heterocycles. The van der Waals surface area contributed by atoms with Crippen LogP contribution in [-0.2, 0) is 52.4 Å². The average molecular weight is 514 g/mol. The Morgan fingerprint density at radius 2 is 1.77 bits per heavy atom. The molecule has 2 aliphatic heterocycles. The molecule has 0 aromatic rings. The highest BCUT2D eigenvalue weighted by Gasteiger charge is 2.75. The molecule has 3 aliphatic rings. The van der Waals surface area contributed by atoms with Crippen LogP contribution >= 0.6 is 0 Å². The highest BCUT2D eigenvalue weighted by atomic mass is 32.2. The smallest absolute Gasteiger partial charge is 0.373 e. The van der Waals surface area contributed by atoms with Gasteiger partial charge in [0, 0.05) is 12.1 Å². The summed E-state index contributed by atoms with van der Waals surface area (Å²) in [6.07, 6.45) is 3.59. The van der Waals surface area contributed by atoms with Crippen molar-refractivity contribution < 1.29 is 50.7 Å². The van der Waals surface area contributed by atoms with Gasteiger partial charge < -0.3 is 23.8 Å². The van der Waals surface area contributed by atoms with Crippen molar-refractivity contribution in [3.05, 3.63) is 35.1 Å². The number of methoxy groups -OCH3 is 4. The van der Waals surface area contributed by atoms with Crippen LogP contribution in [0.15, 0.2) is 35.1 Å². The lowest BCUT2D eigenvalue weighted by Crippen LogP contribution is -2.63. The molecule has 1 amide bonds. The zero-order valence-electron chi connectivity index (χ0n) is 20.0. The van der Waals surface area contributed by atoms with Gasteiger partial charge in [-0.15, -0.1) is 0 Å². The molecule has 2 heterocycles. The number of carbonyl (C=O) groups is 4. The molecule has 0 aromatic carbocycles. The van der Waals surface area contributed by atoms with E-state index in [1.165, 1.54) is 31.3 Å². The Kier molecular flexibility index (Phi) is 7.14. The quantitative estimate of drug-likeness (QED) is 0.113. The van der Waals surface area contributed by atoms with Crippen LogP contribution in [0.3, 0.4) is 0 Å². The highest BCUT2D eigenvalue weighted by molar-refractivity contribution is 7.86. The Balaban J connectivity index is 2.48. The van der Waals surface area contributed by atoms with Crippen LogP contribution in [0.25, 0.3) is 0 Å². The van der Waals surface area contributed by atoms with Gasteiger partial charge in [0.25, 0.3) is 16.0 Å². The first-order valence-electron chi connectivity index (χ1n) is 10.6. The number of carbonyl (C=O) groups excluding carboxylic acids is 4. The topological polar surface area (TPSA) is 152 Å². The Morgan fingerprint density at radius 3 is 2.31 bits per heavy atom. The second-order valence-electron chi connectivity index (χ2n) is 8.17. The fraction of sp³-hybridized carbons (Fsp3) is 0.545. The summed E-state index contributed by atoms with van der Waals surface area (Å²) in [5, 5.41) is 0. The fourth-order valence-corrected chi connectivity index (χ4v) is 5.87. The zero-order chi connectivity index (χ0) is 26.2. The number of rotatable bonds is 7. The lowest BCUT2D eigenvalue weighted by atomic mass is 9.58. The summed E-state index contributed by atoms with van der Waals surface area (Å²) >= 11 is 0. The monoisotopic (exact) mass is 513 g/mol. The molecular weight excluding hydrogens is 486 g/mol. The van der Waals surface area contributed by atoms with Gasteiger partial charge in [-0.05, 0) is 30.9 Å². The molecule has 0 saturated carbocycles. The molecule has 12 nitrogen and oxygen atoms in total. The van der Waals surface area contributed by atoms with E-state index in [0.29, 0.717) is 6.42 Å². The van der Waals surface area contributed by atoms with Gasteiger partial charge in [-0.3, -0.25) is 13.8 Å². The molecule has 1 aliphatic carbocycles. The van der Waals surface area contributed by atoms with Crippen LogP contribution < -0.4 is 0 Å². The highest BCUT2D eigenvalue weighted by Crippen LogP contribution is 2.60. The third-order valence-electron chi connectivity index (χ3n) is 6.57. The summed E-state index contributed by atoms with van der Waals surface area (Å²) in [6, 6.07) is 0. The molecule has 3 rings (SSSR count). The van der Waals surface area contributed by atoms with Crippen molar-refractivity contribution in [3.8, 4) is 0 Å². The minimum Gasteiger partial charge on any atom is -0.490 e. The number of ether oxygens (including phenoxy) is 4. The van der Waals surface area contributed by atoms with Crippen LogP contribution in [0.2, 0.25) is 0 Å². The molecule has 3 unspecified atom stereocenters. The standard InChI is InChI=1S/C22H27NO11S/c1-30-15(19(26)32-3)12-14-13(18(25)31-2)8-11-23-17(24)16(34-35(5,28)29)21(20(27)33-4)9-6-7-10-22(14,21)23/h6,9,12,16H,7-8,10-11H2,1-5H3/b15-12+. The molecule has 0 bridgehead atoms. The number of amides is 1. The van der Waals surface area contributed by atoms with Crippen LogP contribution in [0.4, 0.5) is 0 Å². The van der Waals surface area contributed by atoms with E-state index in [-0.39, 0.29) is 36.3 Å². The van der Waals surface area contributed by atoms with E-state index in [9.17, 15) is 27.6 Å². The first-order chi connectivity index (χ1) is 16.4. The molecule has 13 heteroatoms. The van der Waals surface area contributed by atoms with Crippen LogP contribution in [0, 0.1) is 5.41 Å². The van der Waals surface area contributed by atoms with E-state index < -0.39 is 51.0 Å². The third-order valence-corrected chi connectivity index (χ3v) is 7.11. The SMILES string of the molecule is COC(=O)C1=C(/C=C(/OC)C(=O)OC)C23CCC=CC2(C(=O)OC)C(OS(C)(=O)=O)C(=O)N3CC1. The Hall–Kier alpha value is -3.19. The summed E-state index contributed by atoms with van der Waals surface area (Å²) < 4.78 is 49.5. The van der Waals surface area contributed by atoms with Crippen molar-refractivity contribution in [1.29, 1.82) is 0 Å². The van der Waals surface area contributed by atoms with Gasteiger partial charge in [0.1, 0.15) is 5.41 Å². The van der Waals surface area contributed by atoms with Gasteiger partial charge in [-0.1, -0.05) is 12.2 Å². The lowest BCUT2D eigenvalue weighted by molar-refractivity contribution is -0.159. The molecule has 35 heavy (non-hydrogen) atoms. The Bertz CT molecular complexity index is 1150. The molecular formula is C22H27NO11S. The molecule has 0 N–H and O–H groups in total. The van der Waals surface area contributed by atoms with Crippen molar-refractivity contribution in [3.63, 3.8) is 0 Å². The third kappa shape index (κ3) is 3.92. The molecule has 192 valence electrons. The minimum atomic E-state index is -4.23. The Labute approximate surface area is 202 Å². The second kappa shape index (κ2) is 9.46. The lowest BCUT2D eigenvalue weighted by Gasteiger charge is -2.52. The largest absolute Gasteiger partial charge is 0.490 e. The van der Waals surface area contributed by atoms with Crippen molar-refractivity contribution in [2.24, 2.45) is 5.41 Å². The van der Waals surface area contributed by atoms with Gasteiger partial charge in [0.2, 0.25) is 5.76 Å². The molecule has 0 radical (unpaired) electrons. The predicted octanol–water partition coefficient (Wildman–Crippen LogP) is -0.00180. The van der Waals surface area contributed by atoms with E-state index in [1.54, 1.807) is 6.08 Å². The summed E-state index contributed by atoms with van der Waals surface area (Å²) in [6.45, 7) is -0.0443. The average Bonchev–Trinajstić information content (AvgIpc) is 3.05. The maximum atomic E-state index is 13.7. The molecule has 1 spiro atoms. The maximum absolute atomic E-state index is 13.7. The summed E-state index contributed by atoms with van der Waals surface area (Å²) in [7, 11) is 0.381. The summed E-state index contributed by atoms with van der Waals surface area (Å²) in [5.74, 6) is -3.67. The van der Waals surface area contributed by atoms with E-state index in [4.69, 9.17) is 23.1 Å². The number of allylic oxidation sites excluding steroid dienone is 1. The van der Waals surface area contributed by atoms with E-state index in [1.807, 2.05) is 0 Å². The van der Waals surface area contributed by atoms with Gasteiger partial charge in [-0.25, -0.2) is 9.59 Å².